The molecule has 82 valence electrons. The van der Waals surface area contributed by atoms with Crippen molar-refractivity contribution in [3.8, 4) is 0 Å². The Kier molecular flexibility index (Phi) is 3.06. The molecule has 2 rings (SSSR count). The summed E-state index contributed by atoms with van der Waals surface area (Å²) < 4.78 is 5.32. The van der Waals surface area contributed by atoms with E-state index in [1.165, 1.54) is 5.56 Å². The van der Waals surface area contributed by atoms with Gasteiger partial charge < -0.3 is 15.0 Å². The summed E-state index contributed by atoms with van der Waals surface area (Å²) in [7, 11) is 1.89. The second-order valence-corrected chi connectivity index (χ2v) is 3.74. The maximum atomic E-state index is 5.32. The van der Waals surface area contributed by atoms with E-state index in [1.807, 2.05) is 13.1 Å². The molecule has 1 fully saturated rings. The topological polar surface area (TPSA) is 37.4 Å². The summed E-state index contributed by atoms with van der Waals surface area (Å²) in [5.41, 5.74) is 1.23. The number of rotatable bonds is 2. The van der Waals surface area contributed by atoms with Gasteiger partial charge in [-0.05, 0) is 24.6 Å². The number of morpholine rings is 1. The van der Waals surface area contributed by atoms with Gasteiger partial charge in [0.1, 0.15) is 11.6 Å². The third-order valence-electron chi connectivity index (χ3n) is 2.55. The van der Waals surface area contributed by atoms with Crippen LogP contribution in [0.1, 0.15) is 5.56 Å². The first-order valence-electron chi connectivity index (χ1n) is 5.29. The van der Waals surface area contributed by atoms with Gasteiger partial charge in [0.2, 0.25) is 0 Å². The molecular weight excluding hydrogens is 190 g/mol. The zero-order chi connectivity index (χ0) is 10.7. The molecule has 0 aliphatic carbocycles. The Balaban J connectivity index is 2.22. The molecule has 1 N–H and O–H groups in total. The lowest BCUT2D eigenvalue weighted by Crippen LogP contribution is -2.36. The van der Waals surface area contributed by atoms with Crippen molar-refractivity contribution in [1.29, 1.82) is 0 Å². The Morgan fingerprint density at radius 1 is 1.33 bits per heavy atom. The SMILES string of the molecule is CNc1cc(C)cc(N2CCOCC2)n1. The Bertz CT molecular complexity index is 335. The molecule has 1 aromatic rings. The number of aromatic nitrogens is 1. The van der Waals surface area contributed by atoms with Crippen LogP contribution in [-0.4, -0.2) is 38.3 Å². The zero-order valence-electron chi connectivity index (χ0n) is 9.29. The van der Waals surface area contributed by atoms with E-state index in [2.05, 4.69) is 28.2 Å². The predicted molar refractivity (Wildman–Crippen MR) is 61.6 cm³/mol. The summed E-state index contributed by atoms with van der Waals surface area (Å²) >= 11 is 0. The monoisotopic (exact) mass is 207 g/mol. The van der Waals surface area contributed by atoms with Crippen LogP contribution < -0.4 is 10.2 Å². The van der Waals surface area contributed by atoms with Crippen molar-refractivity contribution in [2.75, 3.05) is 43.6 Å². The molecule has 1 aliphatic rings. The van der Waals surface area contributed by atoms with Crippen LogP contribution in [0.15, 0.2) is 12.1 Å². The van der Waals surface area contributed by atoms with Gasteiger partial charge in [-0.1, -0.05) is 0 Å². The predicted octanol–water partition coefficient (Wildman–Crippen LogP) is 1.27. The fourth-order valence-electron chi connectivity index (χ4n) is 1.73. The normalized spacial score (nSPS) is 16.5. The van der Waals surface area contributed by atoms with Crippen molar-refractivity contribution in [3.63, 3.8) is 0 Å². The number of hydrogen-bond donors (Lipinski definition) is 1. The molecule has 0 spiro atoms. The lowest BCUT2D eigenvalue weighted by Gasteiger charge is -2.28. The van der Waals surface area contributed by atoms with Crippen molar-refractivity contribution < 1.29 is 4.74 Å². The van der Waals surface area contributed by atoms with Gasteiger partial charge in [-0.3, -0.25) is 0 Å². The number of aryl methyl sites for hydroxylation is 1. The van der Waals surface area contributed by atoms with Crippen molar-refractivity contribution in [1.82, 2.24) is 4.98 Å². The summed E-state index contributed by atoms with van der Waals surface area (Å²) in [4.78, 5) is 6.80. The van der Waals surface area contributed by atoms with E-state index in [0.717, 1.165) is 37.9 Å². The Morgan fingerprint density at radius 2 is 2.07 bits per heavy atom. The summed E-state index contributed by atoms with van der Waals surface area (Å²) in [6, 6.07) is 4.16. The highest BCUT2D eigenvalue weighted by Crippen LogP contribution is 2.18. The highest BCUT2D eigenvalue weighted by molar-refractivity contribution is 5.50. The highest BCUT2D eigenvalue weighted by Gasteiger charge is 2.12. The zero-order valence-corrected chi connectivity index (χ0v) is 9.29. The van der Waals surface area contributed by atoms with E-state index >= 15 is 0 Å². The molecule has 0 amide bonds. The van der Waals surface area contributed by atoms with Crippen LogP contribution in [0.2, 0.25) is 0 Å². The van der Waals surface area contributed by atoms with Gasteiger partial charge in [0.25, 0.3) is 0 Å². The molecule has 0 saturated carbocycles. The van der Waals surface area contributed by atoms with Crippen LogP contribution in [0.3, 0.4) is 0 Å². The molecule has 2 heterocycles. The standard InChI is InChI=1S/C11H17N3O/c1-9-7-10(12-2)13-11(8-9)14-3-5-15-6-4-14/h7-8H,3-6H2,1-2H3,(H,12,13). The fourth-order valence-corrected chi connectivity index (χ4v) is 1.73. The summed E-state index contributed by atoms with van der Waals surface area (Å²) in [6.45, 7) is 5.54. The van der Waals surface area contributed by atoms with Crippen LogP contribution in [0, 0.1) is 6.92 Å². The summed E-state index contributed by atoms with van der Waals surface area (Å²) in [5, 5.41) is 3.08. The molecule has 1 aromatic heterocycles. The lowest BCUT2D eigenvalue weighted by molar-refractivity contribution is 0.122. The maximum absolute atomic E-state index is 5.32. The number of nitrogens with one attached hydrogen (secondary N) is 1. The second kappa shape index (κ2) is 4.49. The second-order valence-electron chi connectivity index (χ2n) is 3.74. The molecule has 0 aromatic carbocycles. The molecule has 4 heteroatoms. The largest absolute Gasteiger partial charge is 0.378 e. The number of ether oxygens (including phenoxy) is 1. The first-order valence-corrected chi connectivity index (χ1v) is 5.29. The van der Waals surface area contributed by atoms with Gasteiger partial charge in [-0.15, -0.1) is 0 Å². The lowest BCUT2D eigenvalue weighted by atomic mass is 10.2. The van der Waals surface area contributed by atoms with Crippen molar-refractivity contribution in [2.24, 2.45) is 0 Å². The first-order chi connectivity index (χ1) is 7.29. The van der Waals surface area contributed by atoms with Crippen LogP contribution in [-0.2, 0) is 4.74 Å². The van der Waals surface area contributed by atoms with Crippen LogP contribution in [0.5, 0.6) is 0 Å². The van der Waals surface area contributed by atoms with Crippen molar-refractivity contribution in [3.05, 3.63) is 17.7 Å². The maximum Gasteiger partial charge on any atom is 0.131 e. The molecule has 0 radical (unpaired) electrons. The molecule has 1 saturated heterocycles. The minimum absolute atomic E-state index is 0.796. The Morgan fingerprint density at radius 3 is 2.73 bits per heavy atom. The average molecular weight is 207 g/mol. The van der Waals surface area contributed by atoms with E-state index in [1.54, 1.807) is 0 Å². The van der Waals surface area contributed by atoms with Gasteiger partial charge >= 0.3 is 0 Å². The van der Waals surface area contributed by atoms with E-state index < -0.39 is 0 Å². The highest BCUT2D eigenvalue weighted by atomic mass is 16.5. The van der Waals surface area contributed by atoms with Gasteiger partial charge in [0.15, 0.2) is 0 Å². The van der Waals surface area contributed by atoms with Crippen LogP contribution in [0.25, 0.3) is 0 Å². The van der Waals surface area contributed by atoms with E-state index in [0.29, 0.717) is 0 Å². The van der Waals surface area contributed by atoms with E-state index in [-0.39, 0.29) is 0 Å². The molecule has 1 aliphatic heterocycles. The molecule has 4 nitrogen and oxygen atoms in total. The minimum atomic E-state index is 0.796. The van der Waals surface area contributed by atoms with Crippen molar-refractivity contribution in [2.45, 2.75) is 6.92 Å². The smallest absolute Gasteiger partial charge is 0.131 e. The number of hydrogen-bond acceptors (Lipinski definition) is 4. The molecular formula is C11H17N3O. The van der Waals surface area contributed by atoms with E-state index in [9.17, 15) is 0 Å². The van der Waals surface area contributed by atoms with Gasteiger partial charge in [-0.25, -0.2) is 4.98 Å². The van der Waals surface area contributed by atoms with Gasteiger partial charge in [0.05, 0.1) is 13.2 Å². The van der Waals surface area contributed by atoms with E-state index in [4.69, 9.17) is 4.74 Å². The first kappa shape index (κ1) is 10.2. The number of pyridine rings is 1. The Labute approximate surface area is 90.3 Å². The van der Waals surface area contributed by atoms with Crippen LogP contribution >= 0.6 is 0 Å². The van der Waals surface area contributed by atoms with Crippen LogP contribution in [0.4, 0.5) is 11.6 Å². The third kappa shape index (κ3) is 2.39. The average Bonchev–Trinajstić information content (AvgIpc) is 2.29. The van der Waals surface area contributed by atoms with Gasteiger partial charge in [-0.2, -0.15) is 0 Å². The third-order valence-corrected chi connectivity index (χ3v) is 2.55. The van der Waals surface area contributed by atoms with Gasteiger partial charge in [0, 0.05) is 20.1 Å². The number of nitrogens with zero attached hydrogens (tertiary/aromatic N) is 2. The molecule has 0 unspecified atom stereocenters. The minimum Gasteiger partial charge on any atom is -0.378 e. The van der Waals surface area contributed by atoms with Crippen molar-refractivity contribution >= 4 is 11.6 Å². The molecule has 0 atom stereocenters. The molecule has 0 bridgehead atoms. The fraction of sp³-hybridized carbons (Fsp3) is 0.545. The number of anilines is 2. The quantitative estimate of drug-likeness (QED) is 0.792. The summed E-state index contributed by atoms with van der Waals surface area (Å²) in [6.07, 6.45) is 0. The summed E-state index contributed by atoms with van der Waals surface area (Å²) in [5.74, 6) is 1.97. The molecule has 15 heavy (non-hydrogen) atoms. The Hall–Kier alpha value is -1.29.